The van der Waals surface area contributed by atoms with E-state index >= 15 is 0 Å². The molecule has 4 heterocycles. The van der Waals surface area contributed by atoms with Crippen LogP contribution in [0.5, 0.6) is 0 Å². The summed E-state index contributed by atoms with van der Waals surface area (Å²) < 4.78 is 0. The number of anilines is 2. The number of hydrogen-bond acceptors (Lipinski definition) is 9. The Balaban J connectivity index is 1.58. The number of nitrogens with two attached hydrogens (primary N) is 1. The molecule has 0 unspecified atom stereocenters. The largest absolute Gasteiger partial charge is 0.397 e. The van der Waals surface area contributed by atoms with Gasteiger partial charge in [-0.05, 0) is 32.0 Å². The molecule has 9 heteroatoms. The number of nitrogens with one attached hydrogen (secondary N) is 3. The first kappa shape index (κ1) is 21.2. The van der Waals surface area contributed by atoms with Gasteiger partial charge in [0.15, 0.2) is 0 Å². The molecular formula is C22H30N8O. The molecule has 0 atom stereocenters. The number of aliphatic hydroxyl groups is 1. The van der Waals surface area contributed by atoms with Gasteiger partial charge in [-0.2, -0.15) is 0 Å². The molecule has 0 radical (unpaired) electrons. The zero-order chi connectivity index (χ0) is 22.0. The van der Waals surface area contributed by atoms with Crippen molar-refractivity contribution in [1.29, 1.82) is 5.41 Å². The molecule has 31 heavy (non-hydrogen) atoms. The Morgan fingerprint density at radius 3 is 2.81 bits per heavy atom. The number of hydrogen-bond donors (Lipinski definition) is 5. The molecule has 9 nitrogen and oxygen atoms in total. The highest BCUT2D eigenvalue weighted by Crippen LogP contribution is 2.24. The second-order valence-corrected chi connectivity index (χ2v) is 8.58. The zero-order valence-corrected chi connectivity index (χ0v) is 18.0. The molecule has 0 bridgehead atoms. The molecule has 0 aromatic carbocycles. The van der Waals surface area contributed by atoms with E-state index in [0.717, 1.165) is 43.3 Å². The van der Waals surface area contributed by atoms with Crippen LogP contribution in [0, 0.1) is 5.41 Å². The lowest BCUT2D eigenvalue weighted by atomic mass is 10.0. The molecule has 2 aliphatic rings. The third kappa shape index (κ3) is 5.01. The fourth-order valence-electron chi connectivity index (χ4n) is 3.77. The number of pyridine rings is 2. The average Bonchev–Trinajstić information content (AvgIpc) is 3.21. The number of hydrazine groups is 1. The monoisotopic (exact) mass is 422 g/mol. The summed E-state index contributed by atoms with van der Waals surface area (Å²) in [5, 5.41) is 24.0. The van der Waals surface area contributed by atoms with Gasteiger partial charge < -0.3 is 26.1 Å². The zero-order valence-electron chi connectivity index (χ0n) is 18.0. The number of rotatable bonds is 6. The van der Waals surface area contributed by atoms with Crippen molar-refractivity contribution in [1.82, 2.24) is 25.7 Å². The second-order valence-electron chi connectivity index (χ2n) is 8.58. The first-order valence-electron chi connectivity index (χ1n) is 10.5. The first-order chi connectivity index (χ1) is 14.8. The van der Waals surface area contributed by atoms with E-state index in [0.29, 0.717) is 30.0 Å². The number of aromatic nitrogens is 2. The fourth-order valence-corrected chi connectivity index (χ4v) is 3.77. The van der Waals surface area contributed by atoms with Gasteiger partial charge in [-0.3, -0.25) is 10.4 Å². The summed E-state index contributed by atoms with van der Waals surface area (Å²) >= 11 is 0. The Morgan fingerprint density at radius 1 is 1.29 bits per heavy atom. The van der Waals surface area contributed by atoms with Crippen LogP contribution in [0.2, 0.25) is 0 Å². The number of piperazine rings is 1. The Labute approximate surface area is 182 Å². The van der Waals surface area contributed by atoms with E-state index in [1.165, 1.54) is 0 Å². The molecule has 0 spiro atoms. The van der Waals surface area contributed by atoms with Crippen LogP contribution >= 0.6 is 0 Å². The highest BCUT2D eigenvalue weighted by Gasteiger charge is 2.22. The molecule has 2 aromatic heterocycles. The van der Waals surface area contributed by atoms with Crippen LogP contribution in [-0.4, -0.2) is 70.7 Å². The van der Waals surface area contributed by atoms with E-state index < -0.39 is 5.60 Å². The van der Waals surface area contributed by atoms with Gasteiger partial charge >= 0.3 is 0 Å². The molecule has 164 valence electrons. The van der Waals surface area contributed by atoms with Gasteiger partial charge in [0.1, 0.15) is 5.82 Å². The van der Waals surface area contributed by atoms with Gasteiger partial charge in [0.05, 0.1) is 41.1 Å². The van der Waals surface area contributed by atoms with E-state index in [-0.39, 0.29) is 5.71 Å². The van der Waals surface area contributed by atoms with Crippen molar-refractivity contribution >= 4 is 22.8 Å². The van der Waals surface area contributed by atoms with Crippen LogP contribution in [0.15, 0.2) is 36.7 Å². The van der Waals surface area contributed by atoms with E-state index in [2.05, 4.69) is 20.6 Å². The molecule has 0 amide bonds. The summed E-state index contributed by atoms with van der Waals surface area (Å²) in [6, 6.07) is 7.60. The van der Waals surface area contributed by atoms with Gasteiger partial charge in [-0.25, -0.2) is 10.4 Å². The quantitative estimate of drug-likeness (QED) is 0.433. The predicted molar refractivity (Wildman–Crippen MR) is 123 cm³/mol. The van der Waals surface area contributed by atoms with Crippen molar-refractivity contribution in [2.45, 2.75) is 19.4 Å². The van der Waals surface area contributed by atoms with Crippen molar-refractivity contribution in [3.8, 4) is 0 Å². The molecule has 0 aliphatic carbocycles. The van der Waals surface area contributed by atoms with E-state index in [9.17, 15) is 5.11 Å². The summed E-state index contributed by atoms with van der Waals surface area (Å²) in [6.45, 7) is 8.23. The lowest BCUT2D eigenvalue weighted by molar-refractivity contribution is 0.0410. The minimum atomic E-state index is -0.818. The van der Waals surface area contributed by atoms with Crippen LogP contribution < -0.4 is 21.4 Å². The second kappa shape index (κ2) is 8.62. The van der Waals surface area contributed by atoms with E-state index in [1.54, 1.807) is 20.0 Å². The number of nitrogen functional groups attached to an aromatic ring is 1. The van der Waals surface area contributed by atoms with Crippen molar-refractivity contribution in [2.24, 2.45) is 0 Å². The van der Waals surface area contributed by atoms with Gasteiger partial charge in [0.25, 0.3) is 0 Å². The van der Waals surface area contributed by atoms with Crippen LogP contribution in [-0.2, 0) is 0 Å². The maximum Gasteiger partial charge on any atom is 0.129 e. The molecule has 6 N–H and O–H groups in total. The van der Waals surface area contributed by atoms with Crippen LogP contribution in [0.3, 0.4) is 0 Å². The first-order valence-corrected chi connectivity index (χ1v) is 10.5. The molecule has 4 rings (SSSR count). The third-order valence-corrected chi connectivity index (χ3v) is 5.31. The molecule has 2 aromatic rings. The maximum absolute atomic E-state index is 10.0. The number of nitrogens with zero attached hydrogens (tertiary/aromatic N) is 4. The van der Waals surface area contributed by atoms with Crippen LogP contribution in [0.4, 0.5) is 11.5 Å². The summed E-state index contributed by atoms with van der Waals surface area (Å²) in [6.07, 6.45) is 3.53. The fraction of sp³-hybridized carbons (Fsp3) is 0.409. The SMILES string of the molecule is CC(C)(O)CN1C=C(c2cc(C(=N)c3cccc(N4CCNCC4)n3)c(N)cn2)CN1. The maximum atomic E-state index is 10.0. The summed E-state index contributed by atoms with van der Waals surface area (Å²) in [4.78, 5) is 11.4. The van der Waals surface area contributed by atoms with Crippen LogP contribution in [0.25, 0.3) is 5.57 Å². The number of β-amino-alcohol motifs (C(OH)–C–C–N with tert-alkyl or cyclic N) is 1. The minimum Gasteiger partial charge on any atom is -0.397 e. The third-order valence-electron chi connectivity index (χ3n) is 5.31. The molecule has 0 saturated carbocycles. The standard InChI is InChI=1S/C22H30N8O/c1-22(2,31)14-30-13-15(11-27-30)19-10-16(17(23)12-26-19)21(24)18-4-3-5-20(28-18)29-8-6-25-7-9-29/h3-5,10,12-13,24-25,27,31H,6-9,11,14,23H2,1-2H3. The lowest BCUT2D eigenvalue weighted by Gasteiger charge is -2.28. The molecular weight excluding hydrogens is 392 g/mol. The van der Waals surface area contributed by atoms with Gasteiger partial charge in [-0.1, -0.05) is 6.07 Å². The normalized spacial score (nSPS) is 17.1. The van der Waals surface area contributed by atoms with E-state index in [1.807, 2.05) is 35.5 Å². The topological polar surface area (TPSA) is 126 Å². The molecule has 1 saturated heterocycles. The summed E-state index contributed by atoms with van der Waals surface area (Å²) in [7, 11) is 0. The van der Waals surface area contributed by atoms with Crippen molar-refractivity contribution in [3.05, 3.63) is 53.6 Å². The molecule has 1 fully saturated rings. The van der Waals surface area contributed by atoms with Gasteiger partial charge in [0, 0.05) is 50.1 Å². The smallest absolute Gasteiger partial charge is 0.129 e. The van der Waals surface area contributed by atoms with Crippen LogP contribution in [0.1, 0.15) is 30.8 Å². The average molecular weight is 423 g/mol. The highest BCUT2D eigenvalue weighted by molar-refractivity contribution is 6.13. The summed E-state index contributed by atoms with van der Waals surface area (Å²) in [5.74, 6) is 0.876. The lowest BCUT2D eigenvalue weighted by Crippen LogP contribution is -2.44. The minimum absolute atomic E-state index is 0.276. The predicted octanol–water partition coefficient (Wildman–Crippen LogP) is 0.817. The van der Waals surface area contributed by atoms with Gasteiger partial charge in [0.2, 0.25) is 0 Å². The summed E-state index contributed by atoms with van der Waals surface area (Å²) in [5.41, 5.74) is 12.2. The Hall–Kier alpha value is -3.01. The van der Waals surface area contributed by atoms with E-state index in [4.69, 9.17) is 16.1 Å². The molecule has 2 aliphatic heterocycles. The van der Waals surface area contributed by atoms with Gasteiger partial charge in [-0.15, -0.1) is 0 Å². The highest BCUT2D eigenvalue weighted by atomic mass is 16.3. The Kier molecular flexibility index (Phi) is 5.90. The Bertz CT molecular complexity index is 991. The van der Waals surface area contributed by atoms with Crippen molar-refractivity contribution in [3.63, 3.8) is 0 Å². The Morgan fingerprint density at radius 2 is 2.06 bits per heavy atom. The van der Waals surface area contributed by atoms with Crippen molar-refractivity contribution in [2.75, 3.05) is 49.9 Å². The van der Waals surface area contributed by atoms with Crippen molar-refractivity contribution < 1.29 is 5.11 Å².